The number of aliphatic carboxylic acids is 1. The molecule has 0 saturated carbocycles. The summed E-state index contributed by atoms with van der Waals surface area (Å²) in [6.45, 7) is 1.98. The molecule has 0 heterocycles. The van der Waals surface area contributed by atoms with Crippen molar-refractivity contribution in [3.8, 4) is 0 Å². The van der Waals surface area contributed by atoms with E-state index in [0.717, 1.165) is 12.8 Å². The van der Waals surface area contributed by atoms with Gasteiger partial charge in [-0.25, -0.2) is 4.79 Å². The summed E-state index contributed by atoms with van der Waals surface area (Å²) in [6, 6.07) is 6.37. The minimum Gasteiger partial charge on any atom is -0.481 e. The summed E-state index contributed by atoms with van der Waals surface area (Å²) in [5, 5.41) is 17.8. The third-order valence-corrected chi connectivity index (χ3v) is 3.17. The Balaban J connectivity index is 2.91. The third-order valence-electron chi connectivity index (χ3n) is 3.17. The Morgan fingerprint density at radius 1 is 1.14 bits per heavy atom. The van der Waals surface area contributed by atoms with Crippen LogP contribution in [0, 0.1) is 0 Å². The second-order valence-electron chi connectivity index (χ2n) is 4.91. The standard InChI is InChI=1S/C16H20O6/c1-2-3-8-13(22-15(19)10-9-14(17)18)11-6-4-5-7-12(11)16(20)21/h4-7,13H,2-3,8-10H2,1H3,(H,17,18)(H,20,21). The third kappa shape index (κ3) is 5.55. The number of hydrogen-bond acceptors (Lipinski definition) is 4. The molecule has 0 aliphatic heterocycles. The molecule has 1 aromatic carbocycles. The number of esters is 1. The van der Waals surface area contributed by atoms with Crippen LogP contribution in [0.5, 0.6) is 0 Å². The van der Waals surface area contributed by atoms with Crippen molar-refractivity contribution in [2.45, 2.75) is 45.1 Å². The lowest BCUT2D eigenvalue weighted by Crippen LogP contribution is -2.15. The Morgan fingerprint density at radius 2 is 1.82 bits per heavy atom. The van der Waals surface area contributed by atoms with Crippen LogP contribution < -0.4 is 0 Å². The van der Waals surface area contributed by atoms with Gasteiger partial charge >= 0.3 is 17.9 Å². The highest BCUT2D eigenvalue weighted by Gasteiger charge is 2.22. The molecule has 120 valence electrons. The highest BCUT2D eigenvalue weighted by atomic mass is 16.5. The number of unbranched alkanes of at least 4 members (excludes halogenated alkanes) is 1. The molecule has 6 heteroatoms. The summed E-state index contributed by atoms with van der Waals surface area (Å²) >= 11 is 0. The highest BCUT2D eigenvalue weighted by molar-refractivity contribution is 5.89. The molecule has 0 aliphatic rings. The summed E-state index contributed by atoms with van der Waals surface area (Å²) in [4.78, 5) is 33.5. The fraction of sp³-hybridized carbons (Fsp3) is 0.438. The van der Waals surface area contributed by atoms with Gasteiger partial charge in [-0.05, 0) is 18.9 Å². The van der Waals surface area contributed by atoms with Crippen molar-refractivity contribution in [2.75, 3.05) is 0 Å². The Kier molecular flexibility index (Phi) is 7.08. The monoisotopic (exact) mass is 308 g/mol. The summed E-state index contributed by atoms with van der Waals surface area (Å²) in [6.07, 6.45) is 0.934. The van der Waals surface area contributed by atoms with Crippen LogP contribution in [0.1, 0.15) is 61.1 Å². The summed E-state index contributed by atoms with van der Waals surface area (Å²) in [5.41, 5.74) is 0.529. The number of aromatic carboxylic acids is 1. The van der Waals surface area contributed by atoms with Gasteiger partial charge in [-0.15, -0.1) is 0 Å². The van der Waals surface area contributed by atoms with Gasteiger partial charge in [0.15, 0.2) is 0 Å². The van der Waals surface area contributed by atoms with Gasteiger partial charge in [-0.1, -0.05) is 31.5 Å². The highest BCUT2D eigenvalue weighted by Crippen LogP contribution is 2.27. The van der Waals surface area contributed by atoms with E-state index in [4.69, 9.17) is 9.84 Å². The van der Waals surface area contributed by atoms with E-state index in [0.29, 0.717) is 12.0 Å². The van der Waals surface area contributed by atoms with Gasteiger partial charge in [0.1, 0.15) is 6.10 Å². The van der Waals surface area contributed by atoms with E-state index in [2.05, 4.69) is 0 Å². The first-order valence-electron chi connectivity index (χ1n) is 7.19. The Hall–Kier alpha value is -2.37. The fourth-order valence-electron chi connectivity index (χ4n) is 2.07. The van der Waals surface area contributed by atoms with E-state index in [1.165, 1.54) is 6.07 Å². The lowest BCUT2D eigenvalue weighted by molar-refractivity contribution is -0.152. The van der Waals surface area contributed by atoms with Crippen LogP contribution in [0.2, 0.25) is 0 Å². The zero-order chi connectivity index (χ0) is 16.5. The minimum atomic E-state index is -1.08. The zero-order valence-corrected chi connectivity index (χ0v) is 12.4. The van der Waals surface area contributed by atoms with E-state index >= 15 is 0 Å². The topological polar surface area (TPSA) is 101 Å². The van der Waals surface area contributed by atoms with E-state index < -0.39 is 24.0 Å². The zero-order valence-electron chi connectivity index (χ0n) is 12.4. The molecular weight excluding hydrogens is 288 g/mol. The Morgan fingerprint density at radius 3 is 2.41 bits per heavy atom. The van der Waals surface area contributed by atoms with Gasteiger partial charge in [0.25, 0.3) is 0 Å². The molecule has 1 rings (SSSR count). The van der Waals surface area contributed by atoms with Crippen molar-refractivity contribution in [2.24, 2.45) is 0 Å². The number of carbonyl (C=O) groups excluding carboxylic acids is 1. The average Bonchev–Trinajstić information content (AvgIpc) is 2.49. The second-order valence-corrected chi connectivity index (χ2v) is 4.91. The van der Waals surface area contributed by atoms with Crippen molar-refractivity contribution < 1.29 is 29.3 Å². The normalized spacial score (nSPS) is 11.7. The van der Waals surface area contributed by atoms with E-state index in [1.54, 1.807) is 18.2 Å². The largest absolute Gasteiger partial charge is 0.481 e. The Bertz CT molecular complexity index is 537. The molecule has 0 radical (unpaired) electrons. The van der Waals surface area contributed by atoms with Gasteiger partial charge in [0, 0.05) is 5.56 Å². The summed E-state index contributed by atoms with van der Waals surface area (Å²) < 4.78 is 5.31. The van der Waals surface area contributed by atoms with Gasteiger partial charge in [0.05, 0.1) is 18.4 Å². The van der Waals surface area contributed by atoms with Crippen LogP contribution in [0.4, 0.5) is 0 Å². The van der Waals surface area contributed by atoms with Crippen molar-refractivity contribution in [3.05, 3.63) is 35.4 Å². The number of ether oxygens (including phenoxy) is 1. The molecule has 2 N–H and O–H groups in total. The average molecular weight is 308 g/mol. The molecule has 22 heavy (non-hydrogen) atoms. The van der Waals surface area contributed by atoms with Crippen molar-refractivity contribution in [1.29, 1.82) is 0 Å². The second kappa shape index (κ2) is 8.81. The van der Waals surface area contributed by atoms with Crippen molar-refractivity contribution >= 4 is 17.9 Å². The van der Waals surface area contributed by atoms with Gasteiger partial charge in [0.2, 0.25) is 0 Å². The maximum Gasteiger partial charge on any atom is 0.336 e. The molecule has 6 nitrogen and oxygen atoms in total. The maximum absolute atomic E-state index is 11.7. The molecule has 0 bridgehead atoms. The summed E-state index contributed by atoms with van der Waals surface area (Å²) in [7, 11) is 0. The van der Waals surface area contributed by atoms with Gasteiger partial charge in [-0.3, -0.25) is 9.59 Å². The smallest absolute Gasteiger partial charge is 0.336 e. The lowest BCUT2D eigenvalue weighted by Gasteiger charge is -2.19. The number of benzene rings is 1. The van der Waals surface area contributed by atoms with Crippen LogP contribution in [-0.4, -0.2) is 28.1 Å². The Labute approximate surface area is 128 Å². The summed E-state index contributed by atoms with van der Waals surface area (Å²) in [5.74, 6) is -2.80. The van der Waals surface area contributed by atoms with E-state index in [-0.39, 0.29) is 18.4 Å². The van der Waals surface area contributed by atoms with Crippen molar-refractivity contribution in [3.63, 3.8) is 0 Å². The van der Waals surface area contributed by atoms with Crippen LogP contribution >= 0.6 is 0 Å². The number of carboxylic acid groups (broad SMARTS) is 2. The number of hydrogen-bond donors (Lipinski definition) is 2. The predicted octanol–water partition coefficient (Wildman–Crippen LogP) is 3.02. The predicted molar refractivity (Wildman–Crippen MR) is 78.6 cm³/mol. The molecule has 1 atom stereocenters. The first-order valence-corrected chi connectivity index (χ1v) is 7.19. The molecule has 0 spiro atoms. The van der Waals surface area contributed by atoms with Crippen LogP contribution in [0.15, 0.2) is 24.3 Å². The molecule has 0 aromatic heterocycles. The van der Waals surface area contributed by atoms with Crippen LogP contribution in [0.25, 0.3) is 0 Å². The molecule has 1 aromatic rings. The van der Waals surface area contributed by atoms with Gasteiger partial charge in [-0.2, -0.15) is 0 Å². The first-order chi connectivity index (χ1) is 10.5. The molecule has 0 amide bonds. The number of rotatable bonds is 9. The molecular formula is C16H20O6. The first kappa shape index (κ1) is 17.7. The van der Waals surface area contributed by atoms with Crippen LogP contribution in [-0.2, 0) is 14.3 Å². The molecule has 0 aliphatic carbocycles. The maximum atomic E-state index is 11.7. The van der Waals surface area contributed by atoms with Gasteiger partial charge < -0.3 is 14.9 Å². The van der Waals surface area contributed by atoms with E-state index in [9.17, 15) is 19.5 Å². The molecule has 1 unspecified atom stereocenters. The number of carboxylic acids is 2. The molecule has 0 fully saturated rings. The number of carbonyl (C=O) groups is 3. The fourth-order valence-corrected chi connectivity index (χ4v) is 2.07. The lowest BCUT2D eigenvalue weighted by atomic mass is 9.98. The minimum absolute atomic E-state index is 0.0923. The van der Waals surface area contributed by atoms with Crippen molar-refractivity contribution in [1.82, 2.24) is 0 Å². The quantitative estimate of drug-likeness (QED) is 0.680. The van der Waals surface area contributed by atoms with Crippen LogP contribution in [0.3, 0.4) is 0 Å². The van der Waals surface area contributed by atoms with E-state index in [1.807, 2.05) is 6.92 Å². The SMILES string of the molecule is CCCCC(OC(=O)CCC(=O)O)c1ccccc1C(=O)O. The molecule has 0 saturated heterocycles.